The first-order valence-corrected chi connectivity index (χ1v) is 6.66. The third-order valence-corrected chi connectivity index (χ3v) is 4.18. The summed E-state index contributed by atoms with van der Waals surface area (Å²) in [5.74, 6) is -0.0735. The Hall–Kier alpha value is -0.660. The van der Waals surface area contributed by atoms with Crippen molar-refractivity contribution in [3.63, 3.8) is 0 Å². The molecule has 0 aromatic carbocycles. The zero-order chi connectivity index (χ0) is 11.5. The SMILES string of the molecule is CNC(CN1CCS(=O)(=O)CC1)C(N)=O. The van der Waals surface area contributed by atoms with Crippen LogP contribution >= 0.6 is 0 Å². The summed E-state index contributed by atoms with van der Waals surface area (Å²) >= 11 is 0. The maximum Gasteiger partial charge on any atom is 0.235 e. The summed E-state index contributed by atoms with van der Waals surface area (Å²) in [4.78, 5) is 12.9. The van der Waals surface area contributed by atoms with E-state index in [2.05, 4.69) is 5.32 Å². The quantitative estimate of drug-likeness (QED) is 0.576. The number of sulfone groups is 1. The fraction of sp³-hybridized carbons (Fsp3) is 0.875. The molecule has 1 atom stereocenters. The molecule has 15 heavy (non-hydrogen) atoms. The largest absolute Gasteiger partial charge is 0.368 e. The lowest BCUT2D eigenvalue weighted by molar-refractivity contribution is -0.120. The van der Waals surface area contributed by atoms with E-state index >= 15 is 0 Å². The van der Waals surface area contributed by atoms with Crippen LogP contribution in [0.5, 0.6) is 0 Å². The van der Waals surface area contributed by atoms with Crippen molar-refractivity contribution in [3.05, 3.63) is 0 Å². The van der Waals surface area contributed by atoms with Gasteiger partial charge in [0, 0.05) is 19.6 Å². The molecule has 0 radical (unpaired) electrons. The molecule has 0 aromatic rings. The smallest absolute Gasteiger partial charge is 0.235 e. The van der Waals surface area contributed by atoms with E-state index in [-0.39, 0.29) is 11.5 Å². The van der Waals surface area contributed by atoms with Crippen LogP contribution in [-0.4, -0.2) is 63.5 Å². The molecule has 1 saturated heterocycles. The second-order valence-corrected chi connectivity index (χ2v) is 6.00. The van der Waals surface area contributed by atoms with Gasteiger partial charge in [0.25, 0.3) is 0 Å². The number of carbonyl (C=O) groups is 1. The summed E-state index contributed by atoms with van der Waals surface area (Å²) in [5, 5.41) is 2.80. The van der Waals surface area contributed by atoms with E-state index in [4.69, 9.17) is 5.73 Å². The Labute approximate surface area is 89.7 Å². The molecule has 0 spiro atoms. The number of nitrogens with one attached hydrogen (secondary N) is 1. The molecule has 0 bridgehead atoms. The van der Waals surface area contributed by atoms with E-state index in [1.165, 1.54) is 0 Å². The monoisotopic (exact) mass is 235 g/mol. The molecule has 1 amide bonds. The van der Waals surface area contributed by atoms with Crippen LogP contribution in [-0.2, 0) is 14.6 Å². The summed E-state index contributed by atoms with van der Waals surface area (Å²) in [6.07, 6.45) is 0. The number of primary amides is 1. The Morgan fingerprint density at radius 3 is 2.40 bits per heavy atom. The molecule has 1 heterocycles. The normalized spacial score (nSPS) is 23.5. The Kier molecular flexibility index (Phi) is 4.06. The van der Waals surface area contributed by atoms with E-state index in [1.54, 1.807) is 7.05 Å². The highest BCUT2D eigenvalue weighted by Crippen LogP contribution is 2.04. The predicted molar refractivity (Wildman–Crippen MR) is 57.1 cm³/mol. The van der Waals surface area contributed by atoms with Crippen LogP contribution < -0.4 is 11.1 Å². The molecular formula is C8H17N3O3S. The van der Waals surface area contributed by atoms with Crippen molar-refractivity contribution >= 4 is 15.7 Å². The zero-order valence-corrected chi connectivity index (χ0v) is 9.59. The van der Waals surface area contributed by atoms with Gasteiger partial charge in [0.1, 0.15) is 0 Å². The lowest BCUT2D eigenvalue weighted by atomic mass is 10.2. The van der Waals surface area contributed by atoms with Crippen molar-refractivity contribution in [2.24, 2.45) is 5.73 Å². The number of nitrogens with two attached hydrogens (primary N) is 1. The summed E-state index contributed by atoms with van der Waals surface area (Å²) in [6.45, 7) is 1.43. The van der Waals surface area contributed by atoms with Crippen LogP contribution in [0, 0.1) is 0 Å². The van der Waals surface area contributed by atoms with Gasteiger partial charge >= 0.3 is 0 Å². The van der Waals surface area contributed by atoms with Crippen LogP contribution in [0.3, 0.4) is 0 Å². The molecule has 7 heteroatoms. The first kappa shape index (κ1) is 12.4. The van der Waals surface area contributed by atoms with Gasteiger partial charge in [0.2, 0.25) is 5.91 Å². The minimum absolute atomic E-state index is 0.169. The van der Waals surface area contributed by atoms with E-state index in [1.807, 2.05) is 4.90 Å². The lowest BCUT2D eigenvalue weighted by Crippen LogP contribution is -2.51. The zero-order valence-electron chi connectivity index (χ0n) is 8.77. The van der Waals surface area contributed by atoms with Gasteiger partial charge < -0.3 is 11.1 Å². The van der Waals surface area contributed by atoms with Gasteiger partial charge in [-0.1, -0.05) is 0 Å². The van der Waals surface area contributed by atoms with Gasteiger partial charge in [0.05, 0.1) is 17.5 Å². The second-order valence-electron chi connectivity index (χ2n) is 3.70. The molecule has 1 fully saturated rings. The van der Waals surface area contributed by atoms with Crippen LogP contribution in [0.25, 0.3) is 0 Å². The Balaban J connectivity index is 2.44. The number of hydrogen-bond acceptors (Lipinski definition) is 5. The van der Waals surface area contributed by atoms with Gasteiger partial charge in [-0.3, -0.25) is 9.69 Å². The first-order valence-electron chi connectivity index (χ1n) is 4.84. The molecule has 1 aliphatic heterocycles. The van der Waals surface area contributed by atoms with Gasteiger partial charge in [-0.2, -0.15) is 0 Å². The summed E-state index contributed by atoms with van der Waals surface area (Å²) < 4.78 is 22.3. The molecule has 1 unspecified atom stereocenters. The Bertz CT molecular complexity index is 314. The highest BCUT2D eigenvalue weighted by atomic mass is 32.2. The third-order valence-electron chi connectivity index (χ3n) is 2.57. The molecule has 1 aliphatic rings. The minimum atomic E-state index is -2.86. The number of likely N-dealkylation sites (N-methyl/N-ethyl adjacent to an activating group) is 1. The molecule has 0 aromatic heterocycles. The molecule has 88 valence electrons. The third kappa shape index (κ3) is 3.77. The van der Waals surface area contributed by atoms with Crippen molar-refractivity contribution in [2.75, 3.05) is 38.2 Å². The van der Waals surface area contributed by atoms with Crippen molar-refractivity contribution in [2.45, 2.75) is 6.04 Å². The number of nitrogens with zero attached hydrogens (tertiary/aromatic N) is 1. The van der Waals surface area contributed by atoms with E-state index in [9.17, 15) is 13.2 Å². The Morgan fingerprint density at radius 1 is 1.47 bits per heavy atom. The average Bonchev–Trinajstić information content (AvgIpc) is 2.15. The fourth-order valence-corrected chi connectivity index (χ4v) is 2.79. The van der Waals surface area contributed by atoms with Crippen LogP contribution in [0.2, 0.25) is 0 Å². The number of carbonyl (C=O) groups excluding carboxylic acids is 1. The predicted octanol–water partition coefficient (Wildman–Crippen LogP) is -2.21. The Morgan fingerprint density at radius 2 is 2.00 bits per heavy atom. The van der Waals surface area contributed by atoms with Gasteiger partial charge in [-0.05, 0) is 7.05 Å². The molecule has 1 rings (SSSR count). The standard InChI is InChI=1S/C8H17N3O3S/c1-10-7(8(9)12)6-11-2-4-15(13,14)5-3-11/h7,10H,2-6H2,1H3,(H2,9,12). The van der Waals surface area contributed by atoms with Crippen LogP contribution in [0.1, 0.15) is 0 Å². The lowest BCUT2D eigenvalue weighted by Gasteiger charge is -2.28. The highest BCUT2D eigenvalue weighted by molar-refractivity contribution is 7.91. The van der Waals surface area contributed by atoms with Crippen molar-refractivity contribution in [1.29, 1.82) is 0 Å². The van der Waals surface area contributed by atoms with Gasteiger partial charge in [-0.15, -0.1) is 0 Å². The average molecular weight is 235 g/mol. The molecule has 0 saturated carbocycles. The van der Waals surface area contributed by atoms with Gasteiger partial charge in [0.15, 0.2) is 9.84 Å². The molecule has 3 N–H and O–H groups in total. The van der Waals surface area contributed by atoms with E-state index in [0.29, 0.717) is 19.6 Å². The van der Waals surface area contributed by atoms with Crippen molar-refractivity contribution in [3.8, 4) is 0 Å². The van der Waals surface area contributed by atoms with Crippen LogP contribution in [0.15, 0.2) is 0 Å². The number of hydrogen-bond donors (Lipinski definition) is 2. The maximum absolute atomic E-state index is 11.2. The van der Waals surface area contributed by atoms with Crippen molar-refractivity contribution < 1.29 is 13.2 Å². The second kappa shape index (κ2) is 4.91. The van der Waals surface area contributed by atoms with E-state index in [0.717, 1.165) is 0 Å². The molecular weight excluding hydrogens is 218 g/mol. The van der Waals surface area contributed by atoms with E-state index < -0.39 is 21.8 Å². The van der Waals surface area contributed by atoms with Crippen LogP contribution in [0.4, 0.5) is 0 Å². The first-order chi connectivity index (χ1) is 6.94. The summed E-state index contributed by atoms with van der Waals surface area (Å²) in [7, 11) is -1.19. The van der Waals surface area contributed by atoms with Crippen molar-refractivity contribution in [1.82, 2.24) is 10.2 Å². The number of rotatable bonds is 4. The highest BCUT2D eigenvalue weighted by Gasteiger charge is 2.24. The minimum Gasteiger partial charge on any atom is -0.368 e. The molecule has 6 nitrogen and oxygen atoms in total. The number of amides is 1. The topological polar surface area (TPSA) is 92.5 Å². The maximum atomic E-state index is 11.2. The molecule has 0 aliphatic carbocycles. The summed E-state index contributed by atoms with van der Waals surface area (Å²) in [6, 6.07) is -0.411. The summed E-state index contributed by atoms with van der Waals surface area (Å²) in [5.41, 5.74) is 5.17. The van der Waals surface area contributed by atoms with Gasteiger partial charge in [-0.25, -0.2) is 8.42 Å². The fourth-order valence-electron chi connectivity index (χ4n) is 1.51.